The molecular formula is C21H22N4OS. The normalized spacial score (nSPS) is 14.0. The summed E-state index contributed by atoms with van der Waals surface area (Å²) >= 11 is 1.54. The van der Waals surface area contributed by atoms with Crippen LogP contribution in [0.25, 0.3) is 11.3 Å². The Labute approximate surface area is 163 Å². The highest BCUT2D eigenvalue weighted by Gasteiger charge is 2.16. The third-order valence-electron chi connectivity index (χ3n) is 4.60. The zero-order chi connectivity index (χ0) is 18.5. The van der Waals surface area contributed by atoms with Gasteiger partial charge in [-0.05, 0) is 30.5 Å². The number of anilines is 2. The lowest BCUT2D eigenvalue weighted by atomic mass is 10.2. The molecule has 0 saturated carbocycles. The van der Waals surface area contributed by atoms with Gasteiger partial charge in [-0.2, -0.15) is 5.10 Å². The van der Waals surface area contributed by atoms with Crippen LogP contribution in [0.2, 0.25) is 0 Å². The summed E-state index contributed by atoms with van der Waals surface area (Å²) in [5.74, 6) is 0.890. The Kier molecular flexibility index (Phi) is 5.34. The van der Waals surface area contributed by atoms with E-state index in [0.717, 1.165) is 46.5 Å². The second-order valence-corrected chi connectivity index (χ2v) is 7.26. The highest BCUT2D eigenvalue weighted by molar-refractivity contribution is 7.14. The molecule has 1 aliphatic rings. The van der Waals surface area contributed by atoms with Crippen molar-refractivity contribution in [3.63, 3.8) is 0 Å². The predicted molar refractivity (Wildman–Crippen MR) is 113 cm³/mol. The third kappa shape index (κ3) is 4.11. The van der Waals surface area contributed by atoms with Gasteiger partial charge in [0, 0.05) is 24.0 Å². The summed E-state index contributed by atoms with van der Waals surface area (Å²) in [5, 5.41) is 7.12. The van der Waals surface area contributed by atoms with Crippen LogP contribution in [0.4, 0.5) is 10.8 Å². The molecule has 138 valence electrons. The molecule has 27 heavy (non-hydrogen) atoms. The molecule has 5 nitrogen and oxygen atoms in total. The number of nitrogens with one attached hydrogen (secondary N) is 1. The van der Waals surface area contributed by atoms with E-state index in [9.17, 15) is 0 Å². The Balaban J connectivity index is 1.43. The Morgan fingerprint density at radius 2 is 1.96 bits per heavy atom. The Morgan fingerprint density at radius 3 is 2.74 bits per heavy atom. The van der Waals surface area contributed by atoms with Gasteiger partial charge in [0.1, 0.15) is 5.75 Å². The molecule has 0 unspecified atom stereocenters. The average molecular weight is 379 g/mol. The number of hydrogen-bond donors (Lipinski definition) is 1. The molecule has 2 heterocycles. The SMILES string of the molecule is COc1cc(C=NNc2nc(-c3ccccc3)cs2)ccc1N1CCCC1. The fourth-order valence-corrected chi connectivity index (χ4v) is 3.89. The van der Waals surface area contributed by atoms with Crippen molar-refractivity contribution in [2.75, 3.05) is 30.5 Å². The number of rotatable bonds is 6. The zero-order valence-corrected chi connectivity index (χ0v) is 16.1. The van der Waals surface area contributed by atoms with E-state index < -0.39 is 0 Å². The lowest BCUT2D eigenvalue weighted by molar-refractivity contribution is 0.415. The zero-order valence-electron chi connectivity index (χ0n) is 15.3. The van der Waals surface area contributed by atoms with Crippen molar-refractivity contribution in [2.45, 2.75) is 12.8 Å². The minimum absolute atomic E-state index is 0.769. The first-order valence-electron chi connectivity index (χ1n) is 9.06. The Bertz CT molecular complexity index is 917. The van der Waals surface area contributed by atoms with Crippen molar-refractivity contribution in [1.82, 2.24) is 4.98 Å². The van der Waals surface area contributed by atoms with E-state index in [0.29, 0.717) is 0 Å². The van der Waals surface area contributed by atoms with Gasteiger partial charge >= 0.3 is 0 Å². The summed E-state index contributed by atoms with van der Waals surface area (Å²) < 4.78 is 5.58. The summed E-state index contributed by atoms with van der Waals surface area (Å²) in [5.41, 5.74) is 7.22. The number of nitrogens with zero attached hydrogens (tertiary/aromatic N) is 3. The van der Waals surface area contributed by atoms with Crippen molar-refractivity contribution < 1.29 is 4.74 Å². The average Bonchev–Trinajstić information content (AvgIpc) is 3.41. The first-order chi connectivity index (χ1) is 13.3. The standard InChI is InChI=1S/C21H22N4OS/c1-26-20-13-16(9-10-19(20)25-11-5-6-12-25)14-22-24-21-23-18(15-27-21)17-7-3-2-4-8-17/h2-4,7-10,13-15H,5-6,11-12H2,1H3,(H,23,24). The second-order valence-electron chi connectivity index (χ2n) is 6.40. The van der Waals surface area contributed by atoms with Gasteiger partial charge in [0.25, 0.3) is 0 Å². The van der Waals surface area contributed by atoms with E-state index in [1.807, 2.05) is 29.6 Å². The van der Waals surface area contributed by atoms with Crippen LogP contribution in [0, 0.1) is 0 Å². The Hall–Kier alpha value is -2.86. The van der Waals surface area contributed by atoms with E-state index in [1.54, 1.807) is 13.3 Å². The van der Waals surface area contributed by atoms with Crippen LogP contribution in [-0.4, -0.2) is 31.4 Å². The minimum Gasteiger partial charge on any atom is -0.495 e. The van der Waals surface area contributed by atoms with Gasteiger partial charge in [-0.1, -0.05) is 36.4 Å². The van der Waals surface area contributed by atoms with Crippen molar-refractivity contribution in [1.29, 1.82) is 0 Å². The van der Waals surface area contributed by atoms with Gasteiger partial charge < -0.3 is 9.64 Å². The Morgan fingerprint density at radius 1 is 1.15 bits per heavy atom. The molecule has 0 amide bonds. The van der Waals surface area contributed by atoms with E-state index >= 15 is 0 Å². The number of ether oxygens (including phenoxy) is 1. The molecule has 1 aromatic heterocycles. The lowest BCUT2D eigenvalue weighted by Gasteiger charge is -2.20. The van der Waals surface area contributed by atoms with Crippen LogP contribution in [0.1, 0.15) is 18.4 Å². The lowest BCUT2D eigenvalue weighted by Crippen LogP contribution is -2.18. The van der Waals surface area contributed by atoms with Crippen LogP contribution >= 0.6 is 11.3 Å². The number of hydrazone groups is 1. The maximum absolute atomic E-state index is 5.58. The number of thiazole rings is 1. The molecule has 0 spiro atoms. The highest BCUT2D eigenvalue weighted by Crippen LogP contribution is 2.31. The van der Waals surface area contributed by atoms with Gasteiger partial charge in [-0.15, -0.1) is 11.3 Å². The minimum atomic E-state index is 0.769. The second kappa shape index (κ2) is 8.22. The van der Waals surface area contributed by atoms with Crippen LogP contribution in [0.3, 0.4) is 0 Å². The van der Waals surface area contributed by atoms with E-state index in [1.165, 1.54) is 24.2 Å². The van der Waals surface area contributed by atoms with Gasteiger partial charge in [0.2, 0.25) is 5.13 Å². The molecule has 1 aliphatic heterocycles. The summed E-state index contributed by atoms with van der Waals surface area (Å²) in [7, 11) is 1.72. The van der Waals surface area contributed by atoms with Crippen molar-refractivity contribution in [2.24, 2.45) is 5.10 Å². The fraction of sp³-hybridized carbons (Fsp3) is 0.238. The molecule has 1 N–H and O–H groups in total. The van der Waals surface area contributed by atoms with E-state index in [4.69, 9.17) is 4.74 Å². The molecular weight excluding hydrogens is 356 g/mol. The molecule has 2 aromatic carbocycles. The number of methoxy groups -OCH3 is 1. The number of hydrogen-bond acceptors (Lipinski definition) is 6. The smallest absolute Gasteiger partial charge is 0.203 e. The predicted octanol–water partition coefficient (Wildman–Crippen LogP) is 4.86. The first kappa shape index (κ1) is 17.5. The van der Waals surface area contributed by atoms with Crippen LogP contribution < -0.4 is 15.1 Å². The summed E-state index contributed by atoms with van der Waals surface area (Å²) in [6.07, 6.45) is 4.28. The van der Waals surface area contributed by atoms with E-state index in [-0.39, 0.29) is 0 Å². The quantitative estimate of drug-likeness (QED) is 0.491. The summed E-state index contributed by atoms with van der Waals surface area (Å²) in [6.45, 7) is 2.19. The van der Waals surface area contributed by atoms with Crippen LogP contribution in [0.5, 0.6) is 5.75 Å². The number of benzene rings is 2. The summed E-state index contributed by atoms with van der Waals surface area (Å²) in [6, 6.07) is 16.3. The third-order valence-corrected chi connectivity index (χ3v) is 5.35. The maximum Gasteiger partial charge on any atom is 0.203 e. The van der Waals surface area contributed by atoms with Crippen LogP contribution in [-0.2, 0) is 0 Å². The fourth-order valence-electron chi connectivity index (χ4n) is 3.22. The largest absolute Gasteiger partial charge is 0.495 e. The van der Waals surface area contributed by atoms with Gasteiger partial charge in [0.05, 0.1) is 24.7 Å². The van der Waals surface area contributed by atoms with Crippen LogP contribution in [0.15, 0.2) is 59.0 Å². The molecule has 0 radical (unpaired) electrons. The molecule has 0 atom stereocenters. The topological polar surface area (TPSA) is 49.8 Å². The van der Waals surface area contributed by atoms with E-state index in [2.05, 4.69) is 44.7 Å². The van der Waals surface area contributed by atoms with Gasteiger partial charge in [-0.25, -0.2) is 4.98 Å². The summed E-state index contributed by atoms with van der Waals surface area (Å²) in [4.78, 5) is 6.95. The van der Waals surface area contributed by atoms with Crippen molar-refractivity contribution in [3.8, 4) is 17.0 Å². The molecule has 1 saturated heterocycles. The van der Waals surface area contributed by atoms with Gasteiger partial charge in [-0.3, -0.25) is 5.43 Å². The monoisotopic (exact) mass is 378 g/mol. The molecule has 6 heteroatoms. The molecule has 0 bridgehead atoms. The van der Waals surface area contributed by atoms with Crippen molar-refractivity contribution >= 4 is 28.4 Å². The molecule has 3 aromatic rings. The highest BCUT2D eigenvalue weighted by atomic mass is 32.1. The van der Waals surface area contributed by atoms with Gasteiger partial charge in [0.15, 0.2) is 0 Å². The molecule has 4 rings (SSSR count). The molecule has 1 fully saturated rings. The first-order valence-corrected chi connectivity index (χ1v) is 9.94. The number of aromatic nitrogens is 1. The van der Waals surface area contributed by atoms with Crippen molar-refractivity contribution in [3.05, 3.63) is 59.5 Å². The maximum atomic E-state index is 5.58. The molecule has 0 aliphatic carbocycles.